The minimum absolute atomic E-state index is 0.307. The lowest BCUT2D eigenvalue weighted by Gasteiger charge is -2.07. The van der Waals surface area contributed by atoms with E-state index in [0.29, 0.717) is 16.6 Å². The van der Waals surface area contributed by atoms with Crippen molar-refractivity contribution in [3.8, 4) is 0 Å². The third kappa shape index (κ3) is 3.88. The maximum atomic E-state index is 12.0. The summed E-state index contributed by atoms with van der Waals surface area (Å²) in [6.45, 7) is 4.14. The van der Waals surface area contributed by atoms with Crippen molar-refractivity contribution >= 4 is 33.9 Å². The number of nitrogens with one attached hydrogen (secondary N) is 1. The quantitative estimate of drug-likeness (QED) is 0.676. The maximum Gasteiger partial charge on any atom is 0.330 e. The molecule has 2 aromatic heterocycles. The second kappa shape index (κ2) is 7.46. The van der Waals surface area contributed by atoms with Crippen molar-refractivity contribution in [1.82, 2.24) is 19.3 Å². The zero-order valence-corrected chi connectivity index (χ0v) is 16.6. The SMILES string of the molecule is Cc1ccc(Nc2nnc(SCc3cc(=O)n(C)c(=O)n3C)s2)cc1C. The first-order valence-corrected chi connectivity index (χ1v) is 9.72. The summed E-state index contributed by atoms with van der Waals surface area (Å²) in [5.41, 5.74) is 3.43. The molecule has 0 saturated carbocycles. The molecular weight excluding hydrogens is 370 g/mol. The van der Waals surface area contributed by atoms with Crippen molar-refractivity contribution in [2.24, 2.45) is 14.1 Å². The fraction of sp³-hybridized carbons (Fsp3) is 0.294. The Bertz CT molecular complexity index is 1070. The fourth-order valence-corrected chi connectivity index (χ4v) is 4.11. The maximum absolute atomic E-state index is 12.0. The molecule has 1 N–H and O–H groups in total. The van der Waals surface area contributed by atoms with Crippen molar-refractivity contribution in [1.29, 1.82) is 0 Å². The summed E-state index contributed by atoms with van der Waals surface area (Å²) in [5, 5.41) is 12.3. The first kappa shape index (κ1) is 18.4. The largest absolute Gasteiger partial charge is 0.330 e. The number of hydrogen-bond donors (Lipinski definition) is 1. The minimum atomic E-state index is -0.331. The Balaban J connectivity index is 1.70. The molecule has 3 aromatic rings. The number of aryl methyl sites for hydroxylation is 2. The summed E-state index contributed by atoms with van der Waals surface area (Å²) in [5.74, 6) is 0.472. The van der Waals surface area contributed by atoms with Gasteiger partial charge in [0.1, 0.15) is 0 Å². The topological polar surface area (TPSA) is 81.8 Å². The Morgan fingerprint density at radius 3 is 2.58 bits per heavy atom. The summed E-state index contributed by atoms with van der Waals surface area (Å²) in [6.07, 6.45) is 0. The third-order valence-corrected chi connectivity index (χ3v) is 6.14. The van der Waals surface area contributed by atoms with Crippen molar-refractivity contribution in [3.63, 3.8) is 0 Å². The molecule has 26 heavy (non-hydrogen) atoms. The van der Waals surface area contributed by atoms with Crippen LogP contribution in [0.3, 0.4) is 0 Å². The molecule has 0 aliphatic carbocycles. The second-order valence-corrected chi connectivity index (χ2v) is 8.16. The molecule has 0 spiro atoms. The Hall–Kier alpha value is -2.39. The third-order valence-electron chi connectivity index (χ3n) is 4.13. The Labute approximate surface area is 158 Å². The standard InChI is InChI=1S/C17H19N5O2S2/c1-10-5-6-12(7-11(10)2)18-15-19-20-16(26-15)25-9-13-8-14(23)22(4)17(24)21(13)3/h5-8H,9H2,1-4H3,(H,18,19). The summed E-state index contributed by atoms with van der Waals surface area (Å²) in [4.78, 5) is 23.7. The van der Waals surface area contributed by atoms with Gasteiger partial charge in [-0.1, -0.05) is 29.2 Å². The van der Waals surface area contributed by atoms with Gasteiger partial charge in [-0.2, -0.15) is 0 Å². The number of thioether (sulfide) groups is 1. The van der Waals surface area contributed by atoms with Gasteiger partial charge < -0.3 is 5.32 Å². The summed E-state index contributed by atoms with van der Waals surface area (Å²) < 4.78 is 3.33. The van der Waals surface area contributed by atoms with Crippen LogP contribution in [0.1, 0.15) is 16.8 Å². The highest BCUT2D eigenvalue weighted by Gasteiger charge is 2.10. The van der Waals surface area contributed by atoms with Crippen molar-refractivity contribution in [2.45, 2.75) is 23.9 Å². The number of hydrogen-bond acceptors (Lipinski definition) is 7. The smallest absolute Gasteiger partial charge is 0.330 e. The van der Waals surface area contributed by atoms with Gasteiger partial charge in [0.05, 0.1) is 0 Å². The predicted molar refractivity (Wildman–Crippen MR) is 106 cm³/mol. The highest BCUT2D eigenvalue weighted by atomic mass is 32.2. The van der Waals surface area contributed by atoms with E-state index in [4.69, 9.17) is 0 Å². The second-order valence-electron chi connectivity index (χ2n) is 5.96. The molecule has 3 rings (SSSR count). The van der Waals surface area contributed by atoms with E-state index in [1.165, 1.54) is 51.9 Å². The molecule has 136 valence electrons. The highest BCUT2D eigenvalue weighted by molar-refractivity contribution is 8.00. The molecule has 0 amide bonds. The van der Waals surface area contributed by atoms with Crippen LogP contribution in [0.4, 0.5) is 10.8 Å². The highest BCUT2D eigenvalue weighted by Crippen LogP contribution is 2.29. The first-order chi connectivity index (χ1) is 12.3. The molecule has 9 heteroatoms. The van der Waals surface area contributed by atoms with Crippen LogP contribution >= 0.6 is 23.1 Å². The molecule has 0 unspecified atom stereocenters. The van der Waals surface area contributed by atoms with Gasteiger partial charge in [0, 0.05) is 37.3 Å². The molecule has 7 nitrogen and oxygen atoms in total. The van der Waals surface area contributed by atoms with Gasteiger partial charge in [-0.25, -0.2) is 4.79 Å². The monoisotopic (exact) mass is 389 g/mol. The van der Waals surface area contributed by atoms with E-state index in [9.17, 15) is 9.59 Å². The van der Waals surface area contributed by atoms with Crippen LogP contribution in [0.25, 0.3) is 0 Å². The lowest BCUT2D eigenvalue weighted by Crippen LogP contribution is -2.37. The molecule has 0 aliphatic rings. The van der Waals surface area contributed by atoms with Gasteiger partial charge in [-0.15, -0.1) is 10.2 Å². The van der Waals surface area contributed by atoms with Crippen LogP contribution in [-0.4, -0.2) is 19.3 Å². The molecule has 1 aromatic carbocycles. The number of nitrogens with zero attached hydrogens (tertiary/aromatic N) is 4. The number of rotatable bonds is 5. The summed E-state index contributed by atoms with van der Waals surface area (Å²) in [6, 6.07) is 7.61. The summed E-state index contributed by atoms with van der Waals surface area (Å²) >= 11 is 2.88. The molecule has 0 saturated heterocycles. The van der Waals surface area contributed by atoms with Crippen LogP contribution in [0.15, 0.2) is 38.2 Å². The van der Waals surface area contributed by atoms with E-state index in [2.05, 4.69) is 41.5 Å². The van der Waals surface area contributed by atoms with Crippen molar-refractivity contribution in [3.05, 3.63) is 61.9 Å². The molecule has 0 aliphatic heterocycles. The van der Waals surface area contributed by atoms with E-state index in [1.54, 1.807) is 7.05 Å². The normalized spacial score (nSPS) is 10.9. The van der Waals surface area contributed by atoms with E-state index >= 15 is 0 Å². The number of benzene rings is 1. The minimum Gasteiger partial charge on any atom is -0.330 e. The van der Waals surface area contributed by atoms with Gasteiger partial charge in [0.2, 0.25) is 5.13 Å². The first-order valence-electron chi connectivity index (χ1n) is 7.91. The van der Waals surface area contributed by atoms with E-state index in [0.717, 1.165) is 14.6 Å². The van der Waals surface area contributed by atoms with Gasteiger partial charge in [-0.05, 0) is 37.1 Å². The predicted octanol–water partition coefficient (Wildman–Crippen LogP) is 2.59. The van der Waals surface area contributed by atoms with Gasteiger partial charge in [0.15, 0.2) is 4.34 Å². The molecule has 2 heterocycles. The van der Waals surface area contributed by atoms with Crippen LogP contribution in [-0.2, 0) is 19.8 Å². The number of aromatic nitrogens is 4. The fourth-order valence-electron chi connectivity index (χ4n) is 2.31. The van der Waals surface area contributed by atoms with Crippen molar-refractivity contribution in [2.75, 3.05) is 5.32 Å². The van der Waals surface area contributed by atoms with E-state index < -0.39 is 0 Å². The van der Waals surface area contributed by atoms with Crippen molar-refractivity contribution < 1.29 is 0 Å². The van der Waals surface area contributed by atoms with E-state index in [1.807, 2.05) is 6.07 Å². The van der Waals surface area contributed by atoms with Crippen LogP contribution in [0, 0.1) is 13.8 Å². The lowest BCUT2D eigenvalue weighted by atomic mass is 10.1. The average molecular weight is 390 g/mol. The zero-order valence-electron chi connectivity index (χ0n) is 14.9. The molecular formula is C17H19N5O2S2. The molecule has 0 bridgehead atoms. The Morgan fingerprint density at radius 1 is 1.08 bits per heavy atom. The average Bonchev–Trinajstić information content (AvgIpc) is 3.06. The molecule has 0 atom stereocenters. The lowest BCUT2D eigenvalue weighted by molar-refractivity contribution is 0.665. The van der Waals surface area contributed by atoms with Crippen LogP contribution in [0.2, 0.25) is 0 Å². The summed E-state index contributed by atoms with van der Waals surface area (Å²) in [7, 11) is 3.13. The van der Waals surface area contributed by atoms with Crippen LogP contribution in [0.5, 0.6) is 0 Å². The Kier molecular flexibility index (Phi) is 5.28. The van der Waals surface area contributed by atoms with E-state index in [-0.39, 0.29) is 11.2 Å². The molecule has 0 fully saturated rings. The number of anilines is 2. The Morgan fingerprint density at radius 2 is 1.85 bits per heavy atom. The zero-order chi connectivity index (χ0) is 18.8. The van der Waals surface area contributed by atoms with Gasteiger partial charge in [0.25, 0.3) is 5.56 Å². The molecule has 0 radical (unpaired) electrons. The van der Waals surface area contributed by atoms with Gasteiger partial charge >= 0.3 is 5.69 Å². The van der Waals surface area contributed by atoms with Crippen LogP contribution < -0.4 is 16.6 Å². The van der Waals surface area contributed by atoms with Gasteiger partial charge in [-0.3, -0.25) is 13.9 Å².